The molecule has 132 valence electrons. The highest BCUT2D eigenvalue weighted by molar-refractivity contribution is 7.14. The van der Waals surface area contributed by atoms with Gasteiger partial charge < -0.3 is 4.74 Å². The van der Waals surface area contributed by atoms with E-state index in [0.29, 0.717) is 29.6 Å². The highest BCUT2D eigenvalue weighted by Gasteiger charge is 2.27. The fourth-order valence-electron chi connectivity index (χ4n) is 3.05. The Bertz CT molecular complexity index is 982. The van der Waals surface area contributed by atoms with Gasteiger partial charge in [-0.2, -0.15) is 0 Å². The van der Waals surface area contributed by atoms with Crippen molar-refractivity contribution in [2.45, 2.75) is 13.8 Å². The van der Waals surface area contributed by atoms with Crippen LogP contribution in [0.1, 0.15) is 20.1 Å². The molecule has 4 rings (SSSR count). The number of anilines is 1. The van der Waals surface area contributed by atoms with Gasteiger partial charge in [0.25, 0.3) is 5.91 Å². The Hall–Kier alpha value is -2.73. The Morgan fingerprint density at radius 1 is 1.23 bits per heavy atom. The average Bonchev–Trinajstić information content (AvgIpc) is 3.03. The Kier molecular flexibility index (Phi) is 4.20. The summed E-state index contributed by atoms with van der Waals surface area (Å²) in [5.41, 5.74) is 3.53. The first kappa shape index (κ1) is 16.7. The van der Waals surface area contributed by atoms with Crippen LogP contribution in [-0.2, 0) is 0 Å². The van der Waals surface area contributed by atoms with Gasteiger partial charge in [-0.05, 0) is 54.8 Å². The predicted octanol–water partition coefficient (Wildman–Crippen LogP) is 4.61. The number of aryl methyl sites for hydroxylation is 2. The number of fused-ring (bicyclic) bond motifs is 1. The maximum atomic E-state index is 13.2. The lowest BCUT2D eigenvalue weighted by Gasteiger charge is -2.28. The summed E-state index contributed by atoms with van der Waals surface area (Å²) in [5, 5.41) is 0. The van der Waals surface area contributed by atoms with Crippen LogP contribution in [0.15, 0.2) is 42.6 Å². The molecule has 0 atom stereocenters. The van der Waals surface area contributed by atoms with Gasteiger partial charge in [-0.3, -0.25) is 9.69 Å². The summed E-state index contributed by atoms with van der Waals surface area (Å²) in [5.74, 6) is 0.149. The Morgan fingerprint density at radius 3 is 2.77 bits per heavy atom. The first-order valence-corrected chi connectivity index (χ1v) is 9.12. The third-order valence-corrected chi connectivity index (χ3v) is 5.38. The molecule has 0 N–H and O–H groups in total. The zero-order valence-electron chi connectivity index (χ0n) is 14.5. The van der Waals surface area contributed by atoms with Crippen molar-refractivity contribution in [1.82, 2.24) is 4.98 Å². The molecule has 0 saturated carbocycles. The lowest BCUT2D eigenvalue weighted by atomic mass is 10.1. The minimum Gasteiger partial charge on any atom is -0.474 e. The molecule has 1 aliphatic rings. The second kappa shape index (κ2) is 6.53. The number of hydrogen-bond acceptors (Lipinski definition) is 4. The number of carbonyl (C=O) groups excluding carboxylic acids is 1. The van der Waals surface area contributed by atoms with Crippen LogP contribution >= 0.6 is 11.3 Å². The SMILES string of the molecule is Cc1cnc2c(c1)N(C(=O)c1cc(-c3ccc(F)cc3)c(C)s1)CCO2. The summed E-state index contributed by atoms with van der Waals surface area (Å²) in [4.78, 5) is 20.8. The molecule has 3 aromatic rings. The third kappa shape index (κ3) is 2.97. The van der Waals surface area contributed by atoms with E-state index in [1.807, 2.05) is 26.0 Å². The summed E-state index contributed by atoms with van der Waals surface area (Å²) in [6.45, 7) is 4.81. The molecular formula is C20H17FN2O2S. The normalized spacial score (nSPS) is 13.3. The van der Waals surface area contributed by atoms with E-state index in [1.165, 1.54) is 23.5 Å². The van der Waals surface area contributed by atoms with Gasteiger partial charge in [0, 0.05) is 11.1 Å². The topological polar surface area (TPSA) is 42.4 Å². The molecule has 4 nitrogen and oxygen atoms in total. The van der Waals surface area contributed by atoms with Crippen LogP contribution in [0, 0.1) is 19.7 Å². The second-order valence-corrected chi connectivity index (χ2v) is 7.49. The van der Waals surface area contributed by atoms with Gasteiger partial charge in [-0.15, -0.1) is 11.3 Å². The summed E-state index contributed by atoms with van der Waals surface area (Å²) < 4.78 is 18.7. The highest BCUT2D eigenvalue weighted by Crippen LogP contribution is 2.35. The lowest BCUT2D eigenvalue weighted by Crippen LogP contribution is -2.38. The summed E-state index contributed by atoms with van der Waals surface area (Å²) >= 11 is 1.45. The van der Waals surface area contributed by atoms with Crippen molar-refractivity contribution in [1.29, 1.82) is 0 Å². The molecule has 1 amide bonds. The van der Waals surface area contributed by atoms with Crippen molar-refractivity contribution in [2.24, 2.45) is 0 Å². The van der Waals surface area contributed by atoms with Crippen LogP contribution < -0.4 is 9.64 Å². The number of benzene rings is 1. The first-order valence-electron chi connectivity index (χ1n) is 8.30. The number of halogens is 1. The fraction of sp³-hybridized carbons (Fsp3) is 0.200. The average molecular weight is 368 g/mol. The molecule has 26 heavy (non-hydrogen) atoms. The Labute approximate surface area is 154 Å². The fourth-order valence-corrected chi connectivity index (χ4v) is 4.04. The van der Waals surface area contributed by atoms with E-state index in [-0.39, 0.29) is 11.7 Å². The van der Waals surface area contributed by atoms with Crippen molar-refractivity contribution in [3.05, 3.63) is 63.7 Å². The third-order valence-electron chi connectivity index (χ3n) is 4.34. The van der Waals surface area contributed by atoms with E-state index >= 15 is 0 Å². The Morgan fingerprint density at radius 2 is 2.00 bits per heavy atom. The molecule has 3 heterocycles. The van der Waals surface area contributed by atoms with E-state index in [0.717, 1.165) is 21.6 Å². The first-order chi connectivity index (χ1) is 12.5. The van der Waals surface area contributed by atoms with Gasteiger partial charge in [-0.1, -0.05) is 12.1 Å². The van der Waals surface area contributed by atoms with E-state index in [1.54, 1.807) is 23.2 Å². The largest absolute Gasteiger partial charge is 0.474 e. The number of hydrogen-bond donors (Lipinski definition) is 0. The molecule has 0 bridgehead atoms. The molecule has 6 heteroatoms. The van der Waals surface area contributed by atoms with Gasteiger partial charge >= 0.3 is 0 Å². The van der Waals surface area contributed by atoms with Crippen LogP contribution in [0.3, 0.4) is 0 Å². The zero-order valence-corrected chi connectivity index (χ0v) is 15.3. The van der Waals surface area contributed by atoms with Crippen LogP contribution in [-0.4, -0.2) is 24.0 Å². The standard InChI is InChI=1S/C20H17FN2O2S/c1-12-9-17-19(22-11-12)25-8-7-23(17)20(24)18-10-16(13(2)26-18)14-3-5-15(21)6-4-14/h3-6,9-11H,7-8H2,1-2H3. The number of rotatable bonds is 2. The van der Waals surface area contributed by atoms with E-state index in [9.17, 15) is 9.18 Å². The number of carbonyl (C=O) groups is 1. The highest BCUT2D eigenvalue weighted by atomic mass is 32.1. The van der Waals surface area contributed by atoms with Crippen molar-refractivity contribution >= 4 is 22.9 Å². The van der Waals surface area contributed by atoms with Gasteiger partial charge in [0.2, 0.25) is 5.88 Å². The van der Waals surface area contributed by atoms with Gasteiger partial charge in [0.05, 0.1) is 11.4 Å². The number of nitrogens with zero attached hydrogens (tertiary/aromatic N) is 2. The van der Waals surface area contributed by atoms with Crippen LogP contribution in [0.2, 0.25) is 0 Å². The maximum Gasteiger partial charge on any atom is 0.268 e. The molecular weight excluding hydrogens is 351 g/mol. The lowest BCUT2D eigenvalue weighted by molar-refractivity contribution is 0.0979. The summed E-state index contributed by atoms with van der Waals surface area (Å²) in [7, 11) is 0. The van der Waals surface area contributed by atoms with Crippen LogP contribution in [0.5, 0.6) is 5.88 Å². The smallest absolute Gasteiger partial charge is 0.268 e. The van der Waals surface area contributed by atoms with Crippen molar-refractivity contribution in [3.63, 3.8) is 0 Å². The second-order valence-electron chi connectivity index (χ2n) is 6.23. The van der Waals surface area contributed by atoms with E-state index in [4.69, 9.17) is 4.74 Å². The number of amides is 1. The van der Waals surface area contributed by atoms with E-state index in [2.05, 4.69) is 4.98 Å². The van der Waals surface area contributed by atoms with E-state index < -0.39 is 0 Å². The molecule has 0 unspecified atom stereocenters. The summed E-state index contributed by atoms with van der Waals surface area (Å²) in [6, 6.07) is 10.1. The zero-order chi connectivity index (χ0) is 18.3. The molecule has 0 radical (unpaired) electrons. The van der Waals surface area contributed by atoms with Crippen molar-refractivity contribution in [2.75, 3.05) is 18.1 Å². The van der Waals surface area contributed by atoms with Gasteiger partial charge in [0.1, 0.15) is 18.1 Å². The van der Waals surface area contributed by atoms with Crippen LogP contribution in [0.25, 0.3) is 11.1 Å². The number of thiophene rings is 1. The Balaban J connectivity index is 1.69. The van der Waals surface area contributed by atoms with Gasteiger partial charge in [0.15, 0.2) is 0 Å². The molecule has 0 spiro atoms. The maximum absolute atomic E-state index is 13.2. The number of aromatic nitrogens is 1. The number of ether oxygens (including phenoxy) is 1. The molecule has 1 aliphatic heterocycles. The predicted molar refractivity (Wildman–Crippen MR) is 101 cm³/mol. The minimum atomic E-state index is -0.272. The number of pyridine rings is 1. The molecule has 1 aromatic carbocycles. The summed E-state index contributed by atoms with van der Waals surface area (Å²) in [6.07, 6.45) is 1.73. The molecule has 0 saturated heterocycles. The molecule has 2 aromatic heterocycles. The molecule has 0 fully saturated rings. The van der Waals surface area contributed by atoms with Crippen molar-refractivity contribution < 1.29 is 13.9 Å². The molecule has 0 aliphatic carbocycles. The minimum absolute atomic E-state index is 0.0663. The van der Waals surface area contributed by atoms with Crippen molar-refractivity contribution in [3.8, 4) is 17.0 Å². The monoisotopic (exact) mass is 368 g/mol. The van der Waals surface area contributed by atoms with Crippen LogP contribution in [0.4, 0.5) is 10.1 Å². The quantitative estimate of drug-likeness (QED) is 0.664. The van der Waals surface area contributed by atoms with Gasteiger partial charge in [-0.25, -0.2) is 9.37 Å².